The fourth-order valence-corrected chi connectivity index (χ4v) is 2.04. The van der Waals surface area contributed by atoms with Crippen LogP contribution < -0.4 is 9.47 Å². The van der Waals surface area contributed by atoms with E-state index < -0.39 is 37.3 Å². The lowest BCUT2D eigenvalue weighted by Crippen LogP contribution is -2.60. The molecule has 1 saturated heterocycles. The number of aromatic hydroxyl groups is 1. The van der Waals surface area contributed by atoms with Crippen LogP contribution in [0.5, 0.6) is 17.2 Å². The van der Waals surface area contributed by atoms with Gasteiger partial charge in [0.2, 0.25) is 6.29 Å². The number of ether oxygens (including phenoxy) is 3. The van der Waals surface area contributed by atoms with Gasteiger partial charge in [-0.3, -0.25) is 0 Å². The molecule has 0 bridgehead atoms. The van der Waals surface area contributed by atoms with E-state index in [1.165, 1.54) is 25.3 Å². The molecule has 0 radical (unpaired) electrons. The van der Waals surface area contributed by atoms with Gasteiger partial charge in [0.25, 0.3) is 0 Å². The van der Waals surface area contributed by atoms with E-state index >= 15 is 0 Å². The molecule has 1 aromatic carbocycles. The Morgan fingerprint density at radius 1 is 1.10 bits per heavy atom. The van der Waals surface area contributed by atoms with Gasteiger partial charge in [-0.1, -0.05) is 0 Å². The lowest BCUT2D eigenvalue weighted by molar-refractivity contribution is -0.277. The molecule has 0 aliphatic carbocycles. The van der Waals surface area contributed by atoms with Crippen LogP contribution >= 0.6 is 0 Å². The first-order valence-electron chi connectivity index (χ1n) is 6.32. The Morgan fingerprint density at radius 3 is 2.43 bits per heavy atom. The van der Waals surface area contributed by atoms with Crippen LogP contribution in [0.25, 0.3) is 0 Å². The van der Waals surface area contributed by atoms with Crippen molar-refractivity contribution in [2.75, 3.05) is 13.7 Å². The number of hydrogen-bond acceptors (Lipinski definition) is 8. The summed E-state index contributed by atoms with van der Waals surface area (Å²) in [5, 5.41) is 47.7. The molecule has 118 valence electrons. The first kappa shape index (κ1) is 15.8. The zero-order valence-corrected chi connectivity index (χ0v) is 11.3. The molecular weight excluding hydrogens is 284 g/mol. The van der Waals surface area contributed by atoms with E-state index in [1.807, 2.05) is 0 Å². The minimum absolute atomic E-state index is 0.0343. The highest BCUT2D eigenvalue weighted by atomic mass is 16.7. The minimum Gasteiger partial charge on any atom is -0.508 e. The van der Waals surface area contributed by atoms with Crippen LogP contribution in [0.4, 0.5) is 0 Å². The second kappa shape index (κ2) is 6.46. The molecule has 1 heterocycles. The van der Waals surface area contributed by atoms with Crippen LogP contribution in [0.15, 0.2) is 18.2 Å². The van der Waals surface area contributed by atoms with E-state index in [2.05, 4.69) is 0 Å². The van der Waals surface area contributed by atoms with Gasteiger partial charge in [0.05, 0.1) is 13.7 Å². The number of aliphatic hydroxyl groups excluding tert-OH is 4. The molecule has 8 heteroatoms. The average Bonchev–Trinajstić information content (AvgIpc) is 2.49. The van der Waals surface area contributed by atoms with Crippen molar-refractivity contribution in [2.24, 2.45) is 0 Å². The molecule has 0 unspecified atom stereocenters. The van der Waals surface area contributed by atoms with Gasteiger partial charge in [-0.05, 0) is 12.1 Å². The van der Waals surface area contributed by atoms with Gasteiger partial charge in [-0.25, -0.2) is 0 Å². The fraction of sp³-hybridized carbons (Fsp3) is 0.538. The molecule has 0 spiro atoms. The molecule has 5 atom stereocenters. The van der Waals surface area contributed by atoms with E-state index in [9.17, 15) is 20.4 Å². The highest BCUT2D eigenvalue weighted by Crippen LogP contribution is 2.33. The molecule has 21 heavy (non-hydrogen) atoms. The molecule has 0 saturated carbocycles. The van der Waals surface area contributed by atoms with Gasteiger partial charge in [0.1, 0.15) is 30.2 Å². The van der Waals surface area contributed by atoms with Gasteiger partial charge >= 0.3 is 0 Å². The summed E-state index contributed by atoms with van der Waals surface area (Å²) in [6, 6.07) is 4.05. The Balaban J connectivity index is 2.18. The molecule has 1 fully saturated rings. The van der Waals surface area contributed by atoms with Crippen molar-refractivity contribution >= 4 is 0 Å². The smallest absolute Gasteiger partial charge is 0.229 e. The quantitative estimate of drug-likeness (QED) is 0.458. The Kier molecular flexibility index (Phi) is 4.86. The van der Waals surface area contributed by atoms with E-state index in [-0.39, 0.29) is 17.2 Å². The normalized spacial score (nSPS) is 32.7. The van der Waals surface area contributed by atoms with Gasteiger partial charge in [-0.2, -0.15) is 0 Å². The summed E-state index contributed by atoms with van der Waals surface area (Å²) in [7, 11) is 1.37. The Labute approximate surface area is 120 Å². The zero-order chi connectivity index (χ0) is 15.6. The molecule has 5 N–H and O–H groups in total. The van der Waals surface area contributed by atoms with Crippen LogP contribution in [0.1, 0.15) is 0 Å². The standard InChI is InChI=1S/C13H18O8/c1-19-8-4-6(15)2-3-7(8)20-13-12(18)11(17)10(16)9(5-14)21-13/h2-4,9-18H,5H2,1H3/t9-,10-,11+,12-,13+/m1/s1. The summed E-state index contributed by atoms with van der Waals surface area (Å²) < 4.78 is 15.6. The number of aliphatic hydroxyl groups is 4. The maximum Gasteiger partial charge on any atom is 0.229 e. The van der Waals surface area contributed by atoms with Crippen LogP contribution in [-0.4, -0.2) is 70.0 Å². The SMILES string of the molecule is COc1cc(O)ccc1O[C@H]1O[C@H](CO)[C@@H](O)[C@H](O)[C@H]1O. The van der Waals surface area contributed by atoms with Crippen LogP contribution in [0, 0.1) is 0 Å². The predicted molar refractivity (Wildman–Crippen MR) is 69.1 cm³/mol. The van der Waals surface area contributed by atoms with Gasteiger partial charge in [0.15, 0.2) is 11.5 Å². The fourth-order valence-electron chi connectivity index (χ4n) is 2.04. The monoisotopic (exact) mass is 302 g/mol. The maximum atomic E-state index is 9.87. The number of hydrogen-bond donors (Lipinski definition) is 5. The number of phenolic OH excluding ortho intramolecular Hbond substituents is 1. The number of rotatable bonds is 4. The van der Waals surface area contributed by atoms with E-state index in [0.717, 1.165) is 0 Å². The third-order valence-electron chi connectivity index (χ3n) is 3.24. The molecule has 1 aromatic rings. The summed E-state index contributed by atoms with van der Waals surface area (Å²) in [6.07, 6.45) is -6.85. The number of benzene rings is 1. The van der Waals surface area contributed by atoms with Crippen molar-refractivity contribution in [3.8, 4) is 17.2 Å². The molecule has 0 amide bonds. The third-order valence-corrected chi connectivity index (χ3v) is 3.24. The first-order chi connectivity index (χ1) is 9.97. The molecule has 8 nitrogen and oxygen atoms in total. The van der Waals surface area contributed by atoms with Gasteiger partial charge in [0, 0.05) is 6.07 Å². The van der Waals surface area contributed by atoms with Crippen molar-refractivity contribution in [1.29, 1.82) is 0 Å². The second-order valence-corrected chi connectivity index (χ2v) is 4.65. The summed E-state index contributed by atoms with van der Waals surface area (Å²) in [5.41, 5.74) is 0. The Hall–Kier alpha value is -1.58. The minimum atomic E-state index is -1.52. The topological polar surface area (TPSA) is 129 Å². The van der Waals surface area contributed by atoms with Gasteiger partial charge < -0.3 is 39.7 Å². The molecule has 2 rings (SSSR count). The zero-order valence-electron chi connectivity index (χ0n) is 11.3. The van der Waals surface area contributed by atoms with E-state index in [1.54, 1.807) is 0 Å². The summed E-state index contributed by atoms with van der Waals surface area (Å²) in [4.78, 5) is 0. The molecule has 0 aromatic heterocycles. The lowest BCUT2D eigenvalue weighted by atomic mass is 9.99. The van der Waals surface area contributed by atoms with Crippen molar-refractivity contribution < 1.29 is 39.7 Å². The summed E-state index contributed by atoms with van der Waals surface area (Å²) in [5.74, 6) is 0.333. The molecule has 1 aliphatic rings. The van der Waals surface area contributed by atoms with Crippen molar-refractivity contribution in [1.82, 2.24) is 0 Å². The maximum absolute atomic E-state index is 9.87. The van der Waals surface area contributed by atoms with E-state index in [4.69, 9.17) is 19.3 Å². The Morgan fingerprint density at radius 2 is 1.81 bits per heavy atom. The molecular formula is C13H18O8. The third kappa shape index (κ3) is 3.20. The van der Waals surface area contributed by atoms with Crippen LogP contribution in [-0.2, 0) is 4.74 Å². The number of phenols is 1. The predicted octanol–water partition coefficient (Wildman–Crippen LogP) is -1.42. The highest BCUT2D eigenvalue weighted by Gasteiger charge is 2.44. The van der Waals surface area contributed by atoms with Crippen molar-refractivity contribution in [2.45, 2.75) is 30.7 Å². The lowest BCUT2D eigenvalue weighted by Gasteiger charge is -2.39. The van der Waals surface area contributed by atoms with Crippen LogP contribution in [0.3, 0.4) is 0 Å². The largest absolute Gasteiger partial charge is 0.508 e. The summed E-state index contributed by atoms with van der Waals surface area (Å²) >= 11 is 0. The average molecular weight is 302 g/mol. The second-order valence-electron chi connectivity index (χ2n) is 4.65. The summed E-state index contributed by atoms with van der Waals surface area (Å²) in [6.45, 7) is -0.544. The highest BCUT2D eigenvalue weighted by molar-refractivity contribution is 5.45. The van der Waals surface area contributed by atoms with Crippen molar-refractivity contribution in [3.63, 3.8) is 0 Å². The number of methoxy groups -OCH3 is 1. The first-order valence-corrected chi connectivity index (χ1v) is 6.32. The van der Waals surface area contributed by atoms with Gasteiger partial charge in [-0.15, -0.1) is 0 Å². The van der Waals surface area contributed by atoms with Crippen molar-refractivity contribution in [3.05, 3.63) is 18.2 Å². The van der Waals surface area contributed by atoms with Crippen LogP contribution in [0.2, 0.25) is 0 Å². The van der Waals surface area contributed by atoms with E-state index in [0.29, 0.717) is 0 Å². The molecule has 1 aliphatic heterocycles. The Bertz CT molecular complexity index is 477.